The first kappa shape index (κ1) is 12.5. The zero-order valence-electron chi connectivity index (χ0n) is 8.59. The number of halogens is 2. The van der Waals surface area contributed by atoms with E-state index < -0.39 is 6.10 Å². The van der Waals surface area contributed by atoms with Gasteiger partial charge in [0.15, 0.2) is 5.78 Å². The van der Waals surface area contributed by atoms with E-state index >= 15 is 0 Å². The fourth-order valence-corrected chi connectivity index (χ4v) is 1.60. The topological polar surface area (TPSA) is 26.3 Å². The van der Waals surface area contributed by atoms with Crippen LogP contribution in [0.25, 0.3) is 0 Å². The molecule has 4 heteroatoms. The number of carbonyl (C=O) groups is 1. The molecule has 15 heavy (non-hydrogen) atoms. The molecule has 0 fully saturated rings. The fraction of sp³-hybridized carbons (Fsp3) is 0.364. The second-order valence-electron chi connectivity index (χ2n) is 3.26. The first-order valence-corrected chi connectivity index (χ1v) is 5.29. The maximum atomic E-state index is 11.6. The molecule has 82 valence electrons. The van der Waals surface area contributed by atoms with E-state index in [-0.39, 0.29) is 12.2 Å². The Labute approximate surface area is 99.1 Å². The third-order valence-electron chi connectivity index (χ3n) is 2.19. The average Bonchev–Trinajstić information content (AvgIpc) is 2.20. The van der Waals surface area contributed by atoms with Crippen LogP contribution >= 0.6 is 23.2 Å². The Balaban J connectivity index is 2.77. The van der Waals surface area contributed by atoms with Gasteiger partial charge in [0.1, 0.15) is 6.10 Å². The molecule has 0 aliphatic heterocycles. The number of Topliss-reactive ketones (excluding diaryl/α,β-unsaturated/α-hetero) is 1. The molecular formula is C11H12Cl2O2. The Morgan fingerprint density at radius 1 is 1.47 bits per heavy atom. The van der Waals surface area contributed by atoms with Crippen molar-refractivity contribution in [1.82, 2.24) is 0 Å². The smallest absolute Gasteiger partial charge is 0.165 e. The van der Waals surface area contributed by atoms with Gasteiger partial charge in [0.25, 0.3) is 0 Å². The van der Waals surface area contributed by atoms with Gasteiger partial charge in [0.05, 0.1) is 0 Å². The minimum atomic E-state index is -0.406. The van der Waals surface area contributed by atoms with Crippen LogP contribution in [0.15, 0.2) is 18.2 Å². The summed E-state index contributed by atoms with van der Waals surface area (Å²) in [4.78, 5) is 11.6. The van der Waals surface area contributed by atoms with Gasteiger partial charge in [0.2, 0.25) is 0 Å². The molecule has 0 aromatic heterocycles. The molecule has 0 N–H and O–H groups in total. The van der Waals surface area contributed by atoms with Crippen molar-refractivity contribution in [1.29, 1.82) is 0 Å². The van der Waals surface area contributed by atoms with E-state index in [0.29, 0.717) is 10.0 Å². The predicted molar refractivity (Wildman–Crippen MR) is 61.6 cm³/mol. The summed E-state index contributed by atoms with van der Waals surface area (Å²) in [6, 6.07) is 5.10. The molecule has 1 aromatic rings. The van der Waals surface area contributed by atoms with Crippen LogP contribution < -0.4 is 0 Å². The molecule has 0 bridgehead atoms. The van der Waals surface area contributed by atoms with Gasteiger partial charge in [-0.3, -0.25) is 4.79 Å². The SMILES string of the molecule is COC(C)C(=O)Cc1ccc(Cl)cc1Cl. The van der Waals surface area contributed by atoms with Crippen molar-refractivity contribution in [3.8, 4) is 0 Å². The minimum Gasteiger partial charge on any atom is -0.374 e. The molecule has 0 aliphatic carbocycles. The quantitative estimate of drug-likeness (QED) is 0.816. The maximum absolute atomic E-state index is 11.6. The monoisotopic (exact) mass is 246 g/mol. The molecule has 0 saturated heterocycles. The summed E-state index contributed by atoms with van der Waals surface area (Å²) >= 11 is 11.7. The van der Waals surface area contributed by atoms with Crippen molar-refractivity contribution >= 4 is 29.0 Å². The lowest BCUT2D eigenvalue weighted by Gasteiger charge is -2.09. The van der Waals surface area contributed by atoms with Crippen LogP contribution in [0.1, 0.15) is 12.5 Å². The van der Waals surface area contributed by atoms with Crippen molar-refractivity contribution in [2.24, 2.45) is 0 Å². The van der Waals surface area contributed by atoms with E-state index in [9.17, 15) is 4.79 Å². The minimum absolute atomic E-state index is 0.00159. The molecule has 0 spiro atoms. The number of hydrogen-bond acceptors (Lipinski definition) is 2. The van der Waals surface area contributed by atoms with Crippen molar-refractivity contribution < 1.29 is 9.53 Å². The van der Waals surface area contributed by atoms with Gasteiger partial charge >= 0.3 is 0 Å². The highest BCUT2D eigenvalue weighted by Gasteiger charge is 2.13. The second kappa shape index (κ2) is 5.50. The van der Waals surface area contributed by atoms with Gasteiger partial charge in [-0.05, 0) is 24.6 Å². The van der Waals surface area contributed by atoms with Crippen LogP contribution in [0.5, 0.6) is 0 Å². The summed E-state index contributed by atoms with van der Waals surface area (Å²) in [5.74, 6) is 0.00159. The Morgan fingerprint density at radius 2 is 2.13 bits per heavy atom. The first-order chi connectivity index (χ1) is 7.04. The number of ketones is 1. The molecular weight excluding hydrogens is 235 g/mol. The Hall–Kier alpha value is -0.570. The van der Waals surface area contributed by atoms with E-state index in [1.165, 1.54) is 7.11 Å². The van der Waals surface area contributed by atoms with Crippen LogP contribution in [0, 0.1) is 0 Å². The average molecular weight is 247 g/mol. The van der Waals surface area contributed by atoms with Crippen LogP contribution in [0.2, 0.25) is 10.0 Å². The van der Waals surface area contributed by atoms with Gasteiger partial charge in [-0.1, -0.05) is 29.3 Å². The molecule has 1 atom stereocenters. The lowest BCUT2D eigenvalue weighted by Crippen LogP contribution is -2.21. The highest BCUT2D eigenvalue weighted by Crippen LogP contribution is 2.21. The van der Waals surface area contributed by atoms with Crippen molar-refractivity contribution in [3.63, 3.8) is 0 Å². The van der Waals surface area contributed by atoms with Gasteiger partial charge in [0, 0.05) is 23.6 Å². The summed E-state index contributed by atoms with van der Waals surface area (Å²) in [6.45, 7) is 1.71. The van der Waals surface area contributed by atoms with Crippen LogP contribution in [-0.4, -0.2) is 19.0 Å². The van der Waals surface area contributed by atoms with Crippen molar-refractivity contribution in [3.05, 3.63) is 33.8 Å². The predicted octanol–water partition coefficient (Wildman–Crippen LogP) is 3.14. The summed E-state index contributed by atoms with van der Waals surface area (Å²) in [5.41, 5.74) is 0.773. The largest absolute Gasteiger partial charge is 0.374 e. The zero-order chi connectivity index (χ0) is 11.4. The Bertz CT molecular complexity index is 364. The number of ether oxygens (including phenoxy) is 1. The summed E-state index contributed by atoms with van der Waals surface area (Å²) in [6.07, 6.45) is -0.137. The lowest BCUT2D eigenvalue weighted by molar-refractivity contribution is -0.127. The summed E-state index contributed by atoms with van der Waals surface area (Å²) in [7, 11) is 1.51. The molecule has 0 radical (unpaired) electrons. The number of hydrogen-bond donors (Lipinski definition) is 0. The highest BCUT2D eigenvalue weighted by atomic mass is 35.5. The van der Waals surface area contributed by atoms with Gasteiger partial charge in [-0.2, -0.15) is 0 Å². The third kappa shape index (κ3) is 3.49. The van der Waals surface area contributed by atoms with Gasteiger partial charge in [-0.15, -0.1) is 0 Å². The molecule has 1 rings (SSSR count). The van der Waals surface area contributed by atoms with Crippen LogP contribution in [0.4, 0.5) is 0 Å². The summed E-state index contributed by atoms with van der Waals surface area (Å²) < 4.78 is 4.93. The van der Waals surface area contributed by atoms with Gasteiger partial charge < -0.3 is 4.74 Å². The van der Waals surface area contributed by atoms with Crippen LogP contribution in [-0.2, 0) is 16.0 Å². The molecule has 1 unspecified atom stereocenters. The number of rotatable bonds is 4. The van der Waals surface area contributed by atoms with Crippen LogP contribution in [0.3, 0.4) is 0 Å². The highest BCUT2D eigenvalue weighted by molar-refractivity contribution is 6.35. The van der Waals surface area contributed by atoms with E-state index in [0.717, 1.165) is 5.56 Å². The van der Waals surface area contributed by atoms with E-state index in [4.69, 9.17) is 27.9 Å². The second-order valence-corrected chi connectivity index (χ2v) is 4.10. The Morgan fingerprint density at radius 3 is 2.67 bits per heavy atom. The van der Waals surface area contributed by atoms with E-state index in [1.807, 2.05) is 0 Å². The maximum Gasteiger partial charge on any atom is 0.165 e. The molecule has 1 aromatic carbocycles. The molecule has 0 heterocycles. The zero-order valence-corrected chi connectivity index (χ0v) is 10.1. The molecule has 0 aliphatic rings. The molecule has 0 amide bonds. The number of carbonyl (C=O) groups excluding carboxylic acids is 1. The lowest BCUT2D eigenvalue weighted by atomic mass is 10.1. The molecule has 2 nitrogen and oxygen atoms in total. The standard InChI is InChI=1S/C11H12Cl2O2/c1-7(15-2)11(14)5-8-3-4-9(12)6-10(8)13/h3-4,6-7H,5H2,1-2H3. The van der Waals surface area contributed by atoms with E-state index in [2.05, 4.69) is 0 Å². The Kier molecular flexibility index (Phi) is 4.58. The van der Waals surface area contributed by atoms with Crippen molar-refractivity contribution in [2.75, 3.05) is 7.11 Å². The number of methoxy groups -OCH3 is 1. The molecule has 0 saturated carbocycles. The summed E-state index contributed by atoms with van der Waals surface area (Å²) in [5, 5.41) is 1.08. The van der Waals surface area contributed by atoms with Crippen molar-refractivity contribution in [2.45, 2.75) is 19.4 Å². The van der Waals surface area contributed by atoms with E-state index in [1.54, 1.807) is 25.1 Å². The third-order valence-corrected chi connectivity index (χ3v) is 2.77. The fourth-order valence-electron chi connectivity index (χ4n) is 1.13. The number of benzene rings is 1. The normalized spacial score (nSPS) is 12.5. The van der Waals surface area contributed by atoms with Gasteiger partial charge in [-0.25, -0.2) is 0 Å². The first-order valence-electron chi connectivity index (χ1n) is 4.54.